The number of hydrogen-bond acceptors (Lipinski definition) is 5. The van der Waals surface area contributed by atoms with Gasteiger partial charge in [-0.2, -0.15) is 4.68 Å². The number of fused-ring (bicyclic) bond motifs is 1. The molecule has 0 spiro atoms. The van der Waals surface area contributed by atoms with Crippen LogP contribution < -0.4 is 16.8 Å². The van der Waals surface area contributed by atoms with Crippen molar-refractivity contribution in [1.29, 1.82) is 0 Å². The minimum absolute atomic E-state index is 0.0691. The summed E-state index contributed by atoms with van der Waals surface area (Å²) in [5.41, 5.74) is -0.467. The number of rotatable bonds is 1. The fourth-order valence-electron chi connectivity index (χ4n) is 2.11. The van der Waals surface area contributed by atoms with E-state index in [0.29, 0.717) is 5.69 Å². The number of H-pyrrole nitrogens is 1. The summed E-state index contributed by atoms with van der Waals surface area (Å²) in [5, 5.41) is 2.82. The maximum absolute atomic E-state index is 12.0. The van der Waals surface area contributed by atoms with Gasteiger partial charge in [0.05, 0.1) is 6.20 Å². The van der Waals surface area contributed by atoms with Crippen molar-refractivity contribution in [1.82, 2.24) is 28.9 Å². The Morgan fingerprint density at radius 3 is 2.48 bits per heavy atom. The Kier molecular flexibility index (Phi) is 2.65. The van der Waals surface area contributed by atoms with Crippen molar-refractivity contribution in [3.8, 4) is 5.82 Å². The molecule has 108 valence electrons. The van der Waals surface area contributed by atoms with Crippen molar-refractivity contribution in [3.05, 3.63) is 49.1 Å². The predicted molar refractivity (Wildman–Crippen MR) is 74.7 cm³/mol. The molecular formula is C12H12N6O3. The Morgan fingerprint density at radius 1 is 1.14 bits per heavy atom. The second-order valence-corrected chi connectivity index (χ2v) is 4.72. The van der Waals surface area contributed by atoms with Gasteiger partial charge in [-0.1, -0.05) is 0 Å². The minimum Gasteiger partial charge on any atom is -0.294 e. The van der Waals surface area contributed by atoms with Gasteiger partial charge < -0.3 is 0 Å². The molecule has 0 saturated carbocycles. The molecular weight excluding hydrogens is 276 g/mol. The molecule has 0 saturated heterocycles. The Labute approximate surface area is 117 Å². The zero-order valence-corrected chi connectivity index (χ0v) is 11.6. The normalized spacial score (nSPS) is 11.2. The molecule has 0 bridgehead atoms. The summed E-state index contributed by atoms with van der Waals surface area (Å²) in [6.45, 7) is 1.73. The third-order valence-electron chi connectivity index (χ3n) is 3.22. The average Bonchev–Trinajstić information content (AvgIpc) is 2.81. The number of aryl methyl sites for hydroxylation is 2. The molecule has 9 heteroatoms. The first-order valence-corrected chi connectivity index (χ1v) is 6.12. The summed E-state index contributed by atoms with van der Waals surface area (Å²) >= 11 is 0. The predicted octanol–water partition coefficient (Wildman–Crippen LogP) is -1.19. The largest absolute Gasteiger partial charge is 0.332 e. The Balaban J connectivity index is 2.41. The van der Waals surface area contributed by atoms with Crippen LogP contribution in [0.1, 0.15) is 5.69 Å². The van der Waals surface area contributed by atoms with Gasteiger partial charge in [-0.25, -0.2) is 14.8 Å². The quantitative estimate of drug-likeness (QED) is 0.606. The maximum atomic E-state index is 12.0. The highest BCUT2D eigenvalue weighted by molar-refractivity contribution is 5.69. The number of nitrogens with zero attached hydrogens (tertiary/aromatic N) is 5. The molecule has 0 amide bonds. The van der Waals surface area contributed by atoms with Gasteiger partial charge in [0, 0.05) is 25.9 Å². The van der Waals surface area contributed by atoms with E-state index in [9.17, 15) is 14.4 Å². The first-order chi connectivity index (χ1) is 9.90. The van der Waals surface area contributed by atoms with Crippen LogP contribution in [-0.2, 0) is 14.1 Å². The SMILES string of the molecule is Cc1cc(=O)n(-c2cnc3c(=O)n(C)c(=O)n(C)c3n2)[nH]1. The molecule has 9 nitrogen and oxygen atoms in total. The van der Waals surface area contributed by atoms with Crippen molar-refractivity contribution in [2.24, 2.45) is 14.1 Å². The molecule has 3 aromatic heterocycles. The number of hydrogen-bond donors (Lipinski definition) is 1. The smallest absolute Gasteiger partial charge is 0.294 e. The van der Waals surface area contributed by atoms with E-state index in [1.807, 2.05) is 0 Å². The molecule has 0 aliphatic carbocycles. The van der Waals surface area contributed by atoms with Crippen molar-refractivity contribution in [2.75, 3.05) is 0 Å². The van der Waals surface area contributed by atoms with E-state index < -0.39 is 11.2 Å². The van der Waals surface area contributed by atoms with Gasteiger partial charge in [0.1, 0.15) is 0 Å². The lowest BCUT2D eigenvalue weighted by Gasteiger charge is -2.07. The monoisotopic (exact) mass is 288 g/mol. The van der Waals surface area contributed by atoms with Crippen LogP contribution >= 0.6 is 0 Å². The molecule has 0 radical (unpaired) electrons. The average molecular weight is 288 g/mol. The van der Waals surface area contributed by atoms with Gasteiger partial charge in [0.15, 0.2) is 17.0 Å². The molecule has 0 unspecified atom stereocenters. The number of aromatic nitrogens is 6. The summed E-state index contributed by atoms with van der Waals surface area (Å²) in [7, 11) is 2.86. The lowest BCUT2D eigenvalue weighted by molar-refractivity contribution is 0.700. The van der Waals surface area contributed by atoms with Crippen LogP contribution in [0.25, 0.3) is 17.0 Å². The second kappa shape index (κ2) is 4.27. The number of aromatic amines is 1. The van der Waals surface area contributed by atoms with Crippen LogP contribution in [0.4, 0.5) is 0 Å². The molecule has 21 heavy (non-hydrogen) atoms. The summed E-state index contributed by atoms with van der Waals surface area (Å²) in [5.74, 6) is 0.212. The van der Waals surface area contributed by atoms with E-state index in [-0.39, 0.29) is 22.5 Å². The molecule has 0 aliphatic rings. The lowest BCUT2D eigenvalue weighted by Crippen LogP contribution is -2.38. The standard InChI is InChI=1S/C12H12N6O3/c1-6-4-8(19)18(15-6)7-5-13-9-10(14-7)16(2)12(21)17(3)11(9)20/h4-5,15H,1-3H3. The highest BCUT2D eigenvalue weighted by atomic mass is 16.2. The van der Waals surface area contributed by atoms with E-state index in [1.54, 1.807) is 6.92 Å². The van der Waals surface area contributed by atoms with Crippen LogP contribution in [-0.4, -0.2) is 28.9 Å². The molecule has 3 aromatic rings. The van der Waals surface area contributed by atoms with Crippen LogP contribution in [0, 0.1) is 6.92 Å². The summed E-state index contributed by atoms with van der Waals surface area (Å²) in [4.78, 5) is 43.9. The molecule has 0 aliphatic heterocycles. The molecule has 3 heterocycles. The van der Waals surface area contributed by atoms with Crippen LogP contribution in [0.3, 0.4) is 0 Å². The zero-order chi connectivity index (χ0) is 15.3. The fraction of sp³-hybridized carbons (Fsp3) is 0.250. The van der Waals surface area contributed by atoms with Gasteiger partial charge in [0.25, 0.3) is 11.1 Å². The van der Waals surface area contributed by atoms with Gasteiger partial charge in [-0.05, 0) is 6.92 Å². The molecule has 0 fully saturated rings. The summed E-state index contributed by atoms with van der Waals surface area (Å²) < 4.78 is 3.37. The first-order valence-electron chi connectivity index (χ1n) is 6.12. The molecule has 3 rings (SSSR count). The molecule has 1 N–H and O–H groups in total. The van der Waals surface area contributed by atoms with Crippen LogP contribution in [0.2, 0.25) is 0 Å². The minimum atomic E-state index is -0.526. The van der Waals surface area contributed by atoms with Gasteiger partial charge >= 0.3 is 5.69 Å². The van der Waals surface area contributed by atoms with Gasteiger partial charge in [0.2, 0.25) is 0 Å². The van der Waals surface area contributed by atoms with Crippen LogP contribution in [0.5, 0.6) is 0 Å². The lowest BCUT2D eigenvalue weighted by atomic mass is 10.4. The summed E-state index contributed by atoms with van der Waals surface area (Å²) in [6.07, 6.45) is 1.31. The topological polar surface area (TPSA) is 108 Å². The Bertz CT molecular complexity index is 1040. The van der Waals surface area contributed by atoms with Gasteiger partial charge in [-0.15, -0.1) is 0 Å². The third-order valence-corrected chi connectivity index (χ3v) is 3.22. The van der Waals surface area contributed by atoms with Crippen molar-refractivity contribution in [2.45, 2.75) is 6.92 Å². The third kappa shape index (κ3) is 1.82. The zero-order valence-electron chi connectivity index (χ0n) is 11.6. The first kappa shape index (κ1) is 13.0. The van der Waals surface area contributed by atoms with E-state index in [1.165, 1.54) is 35.6 Å². The second-order valence-electron chi connectivity index (χ2n) is 4.72. The van der Waals surface area contributed by atoms with Gasteiger partial charge in [-0.3, -0.25) is 23.8 Å². The van der Waals surface area contributed by atoms with E-state index in [0.717, 1.165) is 4.57 Å². The maximum Gasteiger partial charge on any atom is 0.332 e. The summed E-state index contributed by atoms with van der Waals surface area (Å²) in [6, 6.07) is 1.41. The Hall–Kier alpha value is -2.97. The van der Waals surface area contributed by atoms with Crippen LogP contribution in [0.15, 0.2) is 26.6 Å². The van der Waals surface area contributed by atoms with Crippen molar-refractivity contribution in [3.63, 3.8) is 0 Å². The van der Waals surface area contributed by atoms with E-state index in [2.05, 4.69) is 15.1 Å². The van der Waals surface area contributed by atoms with Crippen molar-refractivity contribution < 1.29 is 0 Å². The van der Waals surface area contributed by atoms with E-state index >= 15 is 0 Å². The molecule has 0 atom stereocenters. The van der Waals surface area contributed by atoms with Crippen molar-refractivity contribution >= 4 is 11.2 Å². The number of nitrogens with one attached hydrogen (secondary N) is 1. The van der Waals surface area contributed by atoms with E-state index in [4.69, 9.17) is 0 Å². The fourth-order valence-corrected chi connectivity index (χ4v) is 2.11. The highest BCUT2D eigenvalue weighted by Gasteiger charge is 2.13. The molecule has 0 aromatic carbocycles. The highest BCUT2D eigenvalue weighted by Crippen LogP contribution is 2.05. The Morgan fingerprint density at radius 2 is 1.86 bits per heavy atom.